The Morgan fingerprint density at radius 1 is 0.773 bits per heavy atom. The minimum Gasteiger partial charge on any atom is -0.313 e. The van der Waals surface area contributed by atoms with Crippen LogP contribution in [0.1, 0.15) is 32.1 Å². The Balaban J connectivity index is 2.00. The molecule has 1 nitrogen and oxygen atoms in total. The van der Waals surface area contributed by atoms with Gasteiger partial charge in [-0.1, -0.05) is 78.7 Å². The zero-order valence-electron chi connectivity index (χ0n) is 12.9. The van der Waals surface area contributed by atoms with Crippen LogP contribution in [0.15, 0.2) is 72.3 Å². The summed E-state index contributed by atoms with van der Waals surface area (Å²) in [4.78, 5) is 0. The lowest BCUT2D eigenvalue weighted by molar-refractivity contribution is 0.587. The monoisotopic (exact) mass is 310 g/mol. The Kier molecular flexibility index (Phi) is 4.95. The average molecular weight is 310 g/mol. The molecule has 1 aliphatic rings. The predicted molar refractivity (Wildman–Crippen MR) is 95.8 cm³/mol. The van der Waals surface area contributed by atoms with Gasteiger partial charge in [0.15, 0.2) is 0 Å². The van der Waals surface area contributed by atoms with E-state index >= 15 is 0 Å². The molecule has 0 bridgehead atoms. The number of rotatable bonds is 4. The maximum atomic E-state index is 14.0. The highest BCUT2D eigenvalue weighted by molar-refractivity contribution is 7.78. The molecule has 0 saturated carbocycles. The van der Waals surface area contributed by atoms with Gasteiger partial charge in [0, 0.05) is 16.8 Å². The first kappa shape index (κ1) is 15.3. The first-order chi connectivity index (χ1) is 10.8. The number of benzene rings is 2. The molecule has 0 heterocycles. The highest BCUT2D eigenvalue weighted by atomic mass is 31.2. The van der Waals surface area contributed by atoms with E-state index < -0.39 is 7.14 Å². The largest absolute Gasteiger partial charge is 0.313 e. The third kappa shape index (κ3) is 3.42. The van der Waals surface area contributed by atoms with E-state index in [2.05, 4.69) is 6.08 Å². The molecule has 0 N–H and O–H groups in total. The quantitative estimate of drug-likeness (QED) is 0.580. The normalized spacial score (nSPS) is 15.9. The molecule has 2 aromatic rings. The van der Waals surface area contributed by atoms with Crippen LogP contribution in [0.5, 0.6) is 0 Å². The Labute approximate surface area is 133 Å². The molecule has 0 unspecified atom stereocenters. The van der Waals surface area contributed by atoms with Crippen LogP contribution in [0.3, 0.4) is 0 Å². The Bertz CT molecular complexity index is 630. The van der Waals surface area contributed by atoms with Crippen molar-refractivity contribution in [2.24, 2.45) is 0 Å². The Morgan fingerprint density at radius 3 is 1.95 bits per heavy atom. The van der Waals surface area contributed by atoms with E-state index in [9.17, 15) is 4.57 Å². The van der Waals surface area contributed by atoms with Crippen molar-refractivity contribution in [3.8, 4) is 0 Å². The summed E-state index contributed by atoms with van der Waals surface area (Å²) in [5.74, 6) is 0. The van der Waals surface area contributed by atoms with Crippen molar-refractivity contribution in [2.45, 2.75) is 32.1 Å². The predicted octanol–water partition coefficient (Wildman–Crippen LogP) is 4.89. The van der Waals surface area contributed by atoms with E-state index in [4.69, 9.17) is 0 Å². The van der Waals surface area contributed by atoms with Gasteiger partial charge in [0.25, 0.3) is 0 Å². The van der Waals surface area contributed by atoms with Crippen LogP contribution < -0.4 is 10.6 Å². The lowest BCUT2D eigenvalue weighted by Gasteiger charge is -2.21. The average Bonchev–Trinajstić information content (AvgIpc) is 2.85. The number of allylic oxidation sites excluding steroid dienone is 2. The molecule has 0 fully saturated rings. The third-order valence-electron chi connectivity index (χ3n) is 4.41. The molecule has 0 aromatic heterocycles. The first-order valence-corrected chi connectivity index (χ1v) is 10.1. The molecule has 0 spiro atoms. The molecule has 114 valence electrons. The summed E-state index contributed by atoms with van der Waals surface area (Å²) in [7, 11) is -2.58. The van der Waals surface area contributed by atoms with Crippen LogP contribution in [-0.2, 0) is 4.57 Å². The SMILES string of the molecule is O=P(CC1=CCCCCC1)(c1ccccc1)c1ccccc1. The molecule has 22 heavy (non-hydrogen) atoms. The second-order valence-corrected chi connectivity index (χ2v) is 8.86. The van der Waals surface area contributed by atoms with E-state index in [1.807, 2.05) is 60.7 Å². The standard InChI is InChI=1S/C20H23OP/c21-22(19-13-7-3-8-14-19,20-15-9-4-10-16-20)17-18-11-5-1-2-6-12-18/h3-4,7-11,13-16H,1-2,5-6,12,17H2. The summed E-state index contributed by atoms with van der Waals surface area (Å²) in [5.41, 5.74) is 1.38. The van der Waals surface area contributed by atoms with Crippen LogP contribution in [0.2, 0.25) is 0 Å². The van der Waals surface area contributed by atoms with E-state index in [-0.39, 0.29) is 0 Å². The van der Waals surface area contributed by atoms with Crippen LogP contribution >= 0.6 is 7.14 Å². The Morgan fingerprint density at radius 2 is 1.36 bits per heavy atom. The fraction of sp³-hybridized carbons (Fsp3) is 0.300. The van der Waals surface area contributed by atoms with Crippen molar-refractivity contribution in [1.29, 1.82) is 0 Å². The summed E-state index contributed by atoms with van der Waals surface area (Å²) in [6, 6.07) is 20.0. The van der Waals surface area contributed by atoms with E-state index in [0.717, 1.165) is 23.5 Å². The zero-order valence-corrected chi connectivity index (χ0v) is 13.8. The van der Waals surface area contributed by atoms with Gasteiger partial charge in [-0.2, -0.15) is 0 Å². The van der Waals surface area contributed by atoms with Gasteiger partial charge in [0.2, 0.25) is 0 Å². The Hall–Kier alpha value is -1.59. The third-order valence-corrected chi connectivity index (χ3v) is 7.52. The summed E-state index contributed by atoms with van der Waals surface area (Å²) >= 11 is 0. The molecule has 0 amide bonds. The zero-order chi connectivity index (χ0) is 15.3. The van der Waals surface area contributed by atoms with Gasteiger partial charge >= 0.3 is 0 Å². The van der Waals surface area contributed by atoms with Gasteiger partial charge in [-0.25, -0.2) is 0 Å². The van der Waals surface area contributed by atoms with Crippen molar-refractivity contribution in [3.63, 3.8) is 0 Å². The molecular weight excluding hydrogens is 287 g/mol. The van der Waals surface area contributed by atoms with Gasteiger partial charge in [-0.3, -0.25) is 0 Å². The van der Waals surface area contributed by atoms with Crippen LogP contribution in [-0.4, -0.2) is 6.16 Å². The maximum Gasteiger partial charge on any atom is 0.147 e. The van der Waals surface area contributed by atoms with Gasteiger partial charge in [-0.05, 0) is 25.7 Å². The lowest BCUT2D eigenvalue weighted by atomic mass is 10.1. The second-order valence-electron chi connectivity index (χ2n) is 6.03. The molecule has 2 heteroatoms. The van der Waals surface area contributed by atoms with E-state index in [1.165, 1.54) is 24.8 Å². The molecule has 0 saturated heterocycles. The van der Waals surface area contributed by atoms with Crippen LogP contribution in [0.4, 0.5) is 0 Å². The maximum absolute atomic E-state index is 14.0. The number of hydrogen-bond donors (Lipinski definition) is 0. The fourth-order valence-corrected chi connectivity index (χ4v) is 6.01. The summed E-state index contributed by atoms with van der Waals surface area (Å²) in [5, 5.41) is 1.96. The van der Waals surface area contributed by atoms with E-state index in [0.29, 0.717) is 6.16 Å². The van der Waals surface area contributed by atoms with Crippen molar-refractivity contribution < 1.29 is 4.57 Å². The lowest BCUT2D eigenvalue weighted by Crippen LogP contribution is -2.19. The minimum absolute atomic E-state index is 0.695. The molecule has 0 atom stereocenters. The number of hydrogen-bond acceptors (Lipinski definition) is 1. The van der Waals surface area contributed by atoms with Crippen molar-refractivity contribution in [2.75, 3.05) is 6.16 Å². The highest BCUT2D eigenvalue weighted by Gasteiger charge is 2.28. The molecule has 1 aliphatic carbocycles. The summed E-state index contributed by atoms with van der Waals surface area (Å²) in [6.45, 7) is 0. The minimum atomic E-state index is -2.58. The van der Waals surface area contributed by atoms with Crippen molar-refractivity contribution in [1.82, 2.24) is 0 Å². The first-order valence-electron chi connectivity index (χ1n) is 8.17. The molecule has 0 aliphatic heterocycles. The van der Waals surface area contributed by atoms with Crippen LogP contribution in [0, 0.1) is 0 Å². The molecule has 2 aromatic carbocycles. The highest BCUT2D eigenvalue weighted by Crippen LogP contribution is 2.46. The smallest absolute Gasteiger partial charge is 0.147 e. The van der Waals surface area contributed by atoms with Crippen LogP contribution in [0.25, 0.3) is 0 Å². The second kappa shape index (κ2) is 7.11. The molecule has 3 rings (SSSR count). The summed E-state index contributed by atoms with van der Waals surface area (Å²) < 4.78 is 14.0. The van der Waals surface area contributed by atoms with Crippen molar-refractivity contribution >= 4 is 17.8 Å². The van der Waals surface area contributed by atoms with E-state index in [1.54, 1.807) is 0 Å². The molecular formula is C20H23OP. The fourth-order valence-electron chi connectivity index (χ4n) is 3.18. The molecule has 0 radical (unpaired) electrons. The van der Waals surface area contributed by atoms with Gasteiger partial charge in [0.05, 0.1) is 0 Å². The summed E-state index contributed by atoms with van der Waals surface area (Å²) in [6.07, 6.45) is 9.07. The van der Waals surface area contributed by atoms with Gasteiger partial charge < -0.3 is 4.57 Å². The van der Waals surface area contributed by atoms with Crippen molar-refractivity contribution in [3.05, 3.63) is 72.3 Å². The topological polar surface area (TPSA) is 17.1 Å². The van der Waals surface area contributed by atoms with Gasteiger partial charge in [-0.15, -0.1) is 0 Å². The van der Waals surface area contributed by atoms with Gasteiger partial charge in [0.1, 0.15) is 7.14 Å².